The van der Waals surface area contributed by atoms with E-state index >= 15 is 0 Å². The molecule has 0 bridgehead atoms. The van der Waals surface area contributed by atoms with Crippen LogP contribution in [-0.4, -0.2) is 36.4 Å². The first-order chi connectivity index (χ1) is 8.45. The zero-order valence-corrected chi connectivity index (χ0v) is 10.3. The van der Waals surface area contributed by atoms with E-state index in [1.165, 1.54) is 23.1 Å². The Kier molecular flexibility index (Phi) is 4.61. The number of likely N-dealkylation sites (N-methyl/N-ethyl adjacent to an activating group) is 1. The molecule has 1 aromatic rings. The second kappa shape index (κ2) is 5.97. The van der Waals surface area contributed by atoms with E-state index in [9.17, 15) is 14.9 Å². The molecule has 0 aliphatic rings. The summed E-state index contributed by atoms with van der Waals surface area (Å²) in [7, 11) is 3.23. The summed E-state index contributed by atoms with van der Waals surface area (Å²) in [5, 5.41) is 10.6. The molecule has 1 aromatic carbocycles. The fourth-order valence-electron chi connectivity index (χ4n) is 1.25. The summed E-state index contributed by atoms with van der Waals surface area (Å²) in [5.41, 5.74) is 5.93. The molecule has 0 aliphatic heterocycles. The van der Waals surface area contributed by atoms with E-state index in [0.29, 0.717) is 11.3 Å². The minimum Gasteiger partial charge on any atom is -0.483 e. The standard InChI is InChI=1S/C11H15N3O4/c1-13(2)11(15)7-18-10-4-3-9(14(16)17)5-8(10)6-12/h3-5H,6-7,12H2,1-2H3. The van der Waals surface area contributed by atoms with E-state index in [0.717, 1.165) is 0 Å². The molecule has 0 atom stereocenters. The number of amides is 1. The number of nitro benzene ring substituents is 1. The van der Waals surface area contributed by atoms with E-state index in [1.807, 2.05) is 0 Å². The first-order valence-corrected chi connectivity index (χ1v) is 5.26. The zero-order chi connectivity index (χ0) is 13.7. The van der Waals surface area contributed by atoms with Gasteiger partial charge in [-0.3, -0.25) is 14.9 Å². The molecule has 2 N–H and O–H groups in total. The third-order valence-corrected chi connectivity index (χ3v) is 2.32. The minimum absolute atomic E-state index is 0.0539. The number of nitro groups is 1. The third kappa shape index (κ3) is 3.42. The van der Waals surface area contributed by atoms with Crippen LogP contribution in [0.4, 0.5) is 5.69 Å². The zero-order valence-electron chi connectivity index (χ0n) is 10.3. The van der Waals surface area contributed by atoms with Gasteiger partial charge in [0, 0.05) is 38.3 Å². The predicted octanol–water partition coefficient (Wildman–Crippen LogP) is 0.521. The Morgan fingerprint density at radius 3 is 2.67 bits per heavy atom. The molecule has 7 nitrogen and oxygen atoms in total. The topological polar surface area (TPSA) is 98.7 Å². The van der Waals surface area contributed by atoms with Gasteiger partial charge in [0.05, 0.1) is 4.92 Å². The highest BCUT2D eigenvalue weighted by atomic mass is 16.6. The van der Waals surface area contributed by atoms with Crippen LogP contribution in [0.2, 0.25) is 0 Å². The van der Waals surface area contributed by atoms with E-state index in [4.69, 9.17) is 10.5 Å². The summed E-state index contributed by atoms with van der Waals surface area (Å²) < 4.78 is 5.29. The number of non-ortho nitro benzene ring substituents is 1. The summed E-state index contributed by atoms with van der Waals surface area (Å²) >= 11 is 0. The lowest BCUT2D eigenvalue weighted by Gasteiger charge is -2.13. The number of rotatable bonds is 5. The van der Waals surface area contributed by atoms with Crippen molar-refractivity contribution in [2.75, 3.05) is 20.7 Å². The summed E-state index contributed by atoms with van der Waals surface area (Å²) in [6.45, 7) is -0.0228. The lowest BCUT2D eigenvalue weighted by molar-refractivity contribution is -0.384. The number of nitrogens with two attached hydrogens (primary N) is 1. The Labute approximate surface area is 104 Å². The summed E-state index contributed by atoms with van der Waals surface area (Å²) in [4.78, 5) is 22.8. The second-order valence-corrected chi connectivity index (χ2v) is 3.83. The number of nitrogens with zero attached hydrogens (tertiary/aromatic N) is 2. The van der Waals surface area contributed by atoms with E-state index in [-0.39, 0.29) is 24.7 Å². The molecule has 0 saturated heterocycles. The van der Waals surface area contributed by atoms with Crippen LogP contribution in [0.15, 0.2) is 18.2 Å². The highest BCUT2D eigenvalue weighted by molar-refractivity contribution is 5.77. The Balaban J connectivity index is 2.83. The van der Waals surface area contributed by atoms with Crippen LogP contribution < -0.4 is 10.5 Å². The van der Waals surface area contributed by atoms with Crippen LogP contribution in [0.1, 0.15) is 5.56 Å². The average Bonchev–Trinajstić information content (AvgIpc) is 2.35. The van der Waals surface area contributed by atoms with Crippen LogP contribution in [0, 0.1) is 10.1 Å². The van der Waals surface area contributed by atoms with Gasteiger partial charge < -0.3 is 15.4 Å². The number of carbonyl (C=O) groups excluding carboxylic acids is 1. The van der Waals surface area contributed by atoms with E-state index in [1.54, 1.807) is 14.1 Å². The van der Waals surface area contributed by atoms with Gasteiger partial charge in [-0.25, -0.2) is 0 Å². The van der Waals surface area contributed by atoms with Gasteiger partial charge in [-0.05, 0) is 6.07 Å². The Bertz CT molecular complexity index is 460. The fraction of sp³-hybridized carbons (Fsp3) is 0.364. The van der Waals surface area contributed by atoms with Crippen molar-refractivity contribution in [3.05, 3.63) is 33.9 Å². The maximum atomic E-state index is 11.4. The van der Waals surface area contributed by atoms with Gasteiger partial charge in [0.15, 0.2) is 6.61 Å². The van der Waals surface area contributed by atoms with Crippen molar-refractivity contribution >= 4 is 11.6 Å². The van der Waals surface area contributed by atoms with Crippen molar-refractivity contribution in [3.63, 3.8) is 0 Å². The number of hydrogen-bond acceptors (Lipinski definition) is 5. The molecule has 1 amide bonds. The number of benzene rings is 1. The average molecular weight is 253 g/mol. The lowest BCUT2D eigenvalue weighted by atomic mass is 10.2. The second-order valence-electron chi connectivity index (χ2n) is 3.83. The third-order valence-electron chi connectivity index (χ3n) is 2.32. The van der Waals surface area contributed by atoms with Crippen LogP contribution in [0.25, 0.3) is 0 Å². The molecule has 0 saturated carbocycles. The smallest absolute Gasteiger partial charge is 0.270 e. The fourth-order valence-corrected chi connectivity index (χ4v) is 1.25. The first kappa shape index (κ1) is 13.9. The van der Waals surface area contributed by atoms with Gasteiger partial charge in [-0.15, -0.1) is 0 Å². The molecule has 1 rings (SSSR count). The Hall–Kier alpha value is -2.15. The molecule has 0 unspecified atom stereocenters. The molecule has 0 aliphatic carbocycles. The minimum atomic E-state index is -0.506. The van der Waals surface area contributed by atoms with Gasteiger partial charge in [0.2, 0.25) is 0 Å². The largest absolute Gasteiger partial charge is 0.483 e. The molecular weight excluding hydrogens is 238 g/mol. The molecule has 0 heterocycles. The highest BCUT2D eigenvalue weighted by Crippen LogP contribution is 2.23. The molecule has 0 aromatic heterocycles. The van der Waals surface area contributed by atoms with Crippen LogP contribution in [0.5, 0.6) is 5.75 Å². The predicted molar refractivity (Wildman–Crippen MR) is 65.2 cm³/mol. The number of hydrogen-bond donors (Lipinski definition) is 1. The first-order valence-electron chi connectivity index (χ1n) is 5.26. The lowest BCUT2D eigenvalue weighted by Crippen LogP contribution is -2.27. The molecule has 98 valence electrons. The van der Waals surface area contributed by atoms with Crippen molar-refractivity contribution in [2.24, 2.45) is 5.73 Å². The number of ether oxygens (including phenoxy) is 1. The monoisotopic (exact) mass is 253 g/mol. The SMILES string of the molecule is CN(C)C(=O)COc1ccc([N+](=O)[O-])cc1CN. The van der Waals surface area contributed by atoms with E-state index < -0.39 is 4.92 Å². The molecule has 0 fully saturated rings. The molecule has 18 heavy (non-hydrogen) atoms. The maximum absolute atomic E-state index is 11.4. The number of carbonyl (C=O) groups is 1. The molecular formula is C11H15N3O4. The van der Waals surface area contributed by atoms with Crippen molar-refractivity contribution in [3.8, 4) is 5.75 Å². The van der Waals surface area contributed by atoms with Crippen LogP contribution in [0.3, 0.4) is 0 Å². The maximum Gasteiger partial charge on any atom is 0.270 e. The van der Waals surface area contributed by atoms with Crippen molar-refractivity contribution < 1.29 is 14.5 Å². The summed E-state index contributed by atoms with van der Waals surface area (Å²) in [5.74, 6) is 0.189. The van der Waals surface area contributed by atoms with Gasteiger partial charge in [-0.2, -0.15) is 0 Å². The van der Waals surface area contributed by atoms with Crippen molar-refractivity contribution in [1.29, 1.82) is 0 Å². The molecule has 7 heteroatoms. The van der Waals surface area contributed by atoms with Gasteiger partial charge >= 0.3 is 0 Å². The molecule has 0 radical (unpaired) electrons. The van der Waals surface area contributed by atoms with Crippen LogP contribution >= 0.6 is 0 Å². The quantitative estimate of drug-likeness (QED) is 0.609. The Morgan fingerprint density at radius 2 is 2.17 bits per heavy atom. The summed E-state index contributed by atoms with van der Waals surface area (Å²) in [6.07, 6.45) is 0. The highest BCUT2D eigenvalue weighted by Gasteiger charge is 2.12. The molecule has 0 spiro atoms. The van der Waals surface area contributed by atoms with Crippen molar-refractivity contribution in [1.82, 2.24) is 4.90 Å². The van der Waals surface area contributed by atoms with E-state index in [2.05, 4.69) is 0 Å². The van der Waals surface area contributed by atoms with Gasteiger partial charge in [0.25, 0.3) is 11.6 Å². The van der Waals surface area contributed by atoms with Crippen LogP contribution in [-0.2, 0) is 11.3 Å². The van der Waals surface area contributed by atoms with Gasteiger partial charge in [0.1, 0.15) is 5.75 Å². The Morgan fingerprint density at radius 1 is 1.50 bits per heavy atom. The van der Waals surface area contributed by atoms with Crippen molar-refractivity contribution in [2.45, 2.75) is 6.54 Å². The summed E-state index contributed by atoms with van der Waals surface area (Å²) in [6, 6.07) is 4.10. The van der Waals surface area contributed by atoms with Gasteiger partial charge in [-0.1, -0.05) is 0 Å². The normalized spacial score (nSPS) is 9.94.